The van der Waals surface area contributed by atoms with E-state index >= 15 is 0 Å². The van der Waals surface area contributed by atoms with Crippen LogP contribution in [0.4, 0.5) is 0 Å². The second-order valence-corrected chi connectivity index (χ2v) is 8.82. The van der Waals surface area contributed by atoms with Crippen molar-refractivity contribution >= 4 is 46.8 Å². The number of hydrogen-bond donors (Lipinski definition) is 0. The zero-order valence-corrected chi connectivity index (χ0v) is 18.3. The molecule has 5 rings (SSSR count). The van der Waals surface area contributed by atoms with Crippen molar-refractivity contribution in [1.82, 2.24) is 0 Å². The summed E-state index contributed by atoms with van der Waals surface area (Å²) in [4.78, 5) is 10.6. The van der Waals surface area contributed by atoms with Crippen LogP contribution in [-0.4, -0.2) is 19.6 Å². The Morgan fingerprint density at radius 2 is 1.94 bits per heavy atom. The van der Waals surface area contributed by atoms with Gasteiger partial charge in [-0.3, -0.25) is 0 Å². The Bertz CT molecular complexity index is 1250. The van der Waals surface area contributed by atoms with Gasteiger partial charge in [0.1, 0.15) is 17.1 Å². The number of ether oxygens (including phenoxy) is 1. The minimum absolute atomic E-state index is 0.110. The average Bonchev–Trinajstić information content (AvgIpc) is 3.23. The molecule has 0 atom stereocenters. The number of para-hydroxylation sites is 1. The lowest BCUT2D eigenvalue weighted by Crippen LogP contribution is -2.25. The van der Waals surface area contributed by atoms with E-state index in [1.54, 1.807) is 13.3 Å². The van der Waals surface area contributed by atoms with Crippen LogP contribution in [-0.2, 0) is 4.79 Å². The third-order valence-corrected chi connectivity index (χ3v) is 6.57. The monoisotopic (exact) mass is 446 g/mol. The van der Waals surface area contributed by atoms with E-state index in [-0.39, 0.29) is 6.10 Å². The maximum atomic E-state index is 12.3. The maximum absolute atomic E-state index is 12.3. The molecule has 0 N–H and O–H groups in total. The van der Waals surface area contributed by atoms with Crippen LogP contribution in [0.25, 0.3) is 33.1 Å². The number of rotatable bonds is 6. The Morgan fingerprint density at radius 3 is 2.72 bits per heavy atom. The largest absolute Gasteiger partial charge is 0.619 e. The molecule has 161 valence electrons. The van der Waals surface area contributed by atoms with Gasteiger partial charge in [-0.25, -0.2) is 0 Å². The zero-order valence-electron chi connectivity index (χ0n) is 17.5. The molecule has 0 spiro atoms. The maximum Gasteiger partial charge on any atom is 0.197 e. The molecule has 5 nitrogen and oxygen atoms in total. The lowest BCUT2D eigenvalue weighted by molar-refractivity contribution is -0.603. The van der Waals surface area contributed by atoms with Gasteiger partial charge in [0.05, 0.1) is 28.3 Å². The van der Waals surface area contributed by atoms with E-state index in [0.29, 0.717) is 33.4 Å². The standard InChI is InChI=1S/C25H22BClNO4/c27-23-11-19(31-18-7-5-16(6-8-18)12-26-15-29)10-20-21(23)13-28(30)14-22(20)25-9-17-3-1-2-4-24(17)32-25/h1-4,9-11,13-16,18H,5-8,12H2. The summed E-state index contributed by atoms with van der Waals surface area (Å²) in [6, 6.07) is 13.4. The van der Waals surface area contributed by atoms with Crippen molar-refractivity contribution in [2.75, 3.05) is 0 Å². The van der Waals surface area contributed by atoms with Crippen LogP contribution >= 0.6 is 11.6 Å². The summed E-state index contributed by atoms with van der Waals surface area (Å²) in [7, 11) is 1.71. The van der Waals surface area contributed by atoms with E-state index in [1.807, 2.05) is 36.4 Å². The predicted molar refractivity (Wildman–Crippen MR) is 127 cm³/mol. The highest BCUT2D eigenvalue weighted by atomic mass is 35.5. The summed E-state index contributed by atoms with van der Waals surface area (Å²) in [5.41, 5.74) is 1.44. The van der Waals surface area contributed by atoms with Crippen molar-refractivity contribution < 1.29 is 18.7 Å². The predicted octanol–water partition coefficient (Wildman–Crippen LogP) is 5.79. The Labute approximate surface area is 191 Å². The quantitative estimate of drug-likeness (QED) is 0.163. The molecule has 7 heteroatoms. The van der Waals surface area contributed by atoms with Crippen LogP contribution in [0, 0.1) is 11.1 Å². The number of benzene rings is 2. The molecule has 0 saturated heterocycles. The molecule has 1 aliphatic carbocycles. The SMILES string of the molecule is O=C[B]CC1CCC(Oc2cc(Cl)c3c[n+]([O-])cc(-c4cc5ccccc5o4)c3c2)CC1. The molecule has 2 heterocycles. The first-order chi connectivity index (χ1) is 15.6. The van der Waals surface area contributed by atoms with Gasteiger partial charge in [-0.05, 0) is 55.9 Å². The molecule has 4 aromatic rings. The van der Waals surface area contributed by atoms with E-state index in [0.717, 1.165) is 59.3 Å². The van der Waals surface area contributed by atoms with Crippen molar-refractivity contribution in [3.05, 3.63) is 65.1 Å². The topological polar surface area (TPSA) is 66.4 Å². The van der Waals surface area contributed by atoms with Gasteiger partial charge in [-0.2, -0.15) is 4.73 Å². The highest BCUT2D eigenvalue weighted by molar-refractivity contribution is 6.66. The van der Waals surface area contributed by atoms with Crippen molar-refractivity contribution in [2.24, 2.45) is 5.92 Å². The summed E-state index contributed by atoms with van der Waals surface area (Å²) in [6.45, 7) is 0. The summed E-state index contributed by atoms with van der Waals surface area (Å²) in [5, 5.41) is 15.2. The zero-order chi connectivity index (χ0) is 22.1. The van der Waals surface area contributed by atoms with Gasteiger partial charge in [0, 0.05) is 10.8 Å². The smallest absolute Gasteiger partial charge is 0.197 e. The van der Waals surface area contributed by atoms with Crippen molar-refractivity contribution in [3.63, 3.8) is 0 Å². The molecule has 0 bridgehead atoms. The molecule has 1 fully saturated rings. The van der Waals surface area contributed by atoms with Gasteiger partial charge < -0.3 is 19.2 Å². The molecular formula is C25H22BClNO4. The number of aromatic nitrogens is 1. The number of pyridine rings is 1. The Kier molecular flexibility index (Phi) is 5.79. The van der Waals surface area contributed by atoms with Gasteiger partial charge in [0.2, 0.25) is 0 Å². The fourth-order valence-electron chi connectivity index (χ4n) is 4.61. The molecule has 1 radical (unpaired) electrons. The molecule has 0 unspecified atom stereocenters. The number of carbonyl (C=O) groups excluding carboxylic acids is 1. The fraction of sp³-hybridized carbons (Fsp3) is 0.280. The van der Waals surface area contributed by atoms with E-state index in [2.05, 4.69) is 0 Å². The first-order valence-corrected chi connectivity index (χ1v) is 11.3. The van der Waals surface area contributed by atoms with E-state index in [9.17, 15) is 10.0 Å². The van der Waals surface area contributed by atoms with Crippen molar-refractivity contribution in [1.29, 1.82) is 0 Å². The number of nitrogens with zero attached hydrogens (tertiary/aromatic N) is 1. The Balaban J connectivity index is 1.46. The summed E-state index contributed by atoms with van der Waals surface area (Å²) in [6.07, 6.45) is 8.78. The molecule has 2 aromatic carbocycles. The van der Waals surface area contributed by atoms with Gasteiger partial charge in [0.15, 0.2) is 19.7 Å². The molecule has 0 aliphatic heterocycles. The number of carbonyl (C=O) groups is 1. The Hall–Kier alpha value is -2.99. The first kappa shape index (κ1) is 20.9. The molecule has 32 heavy (non-hydrogen) atoms. The van der Waals surface area contributed by atoms with Gasteiger partial charge in [-0.1, -0.05) is 36.1 Å². The molecule has 1 saturated carbocycles. The molecule has 1 aliphatic rings. The van der Waals surface area contributed by atoms with Crippen LogP contribution in [0.3, 0.4) is 0 Å². The van der Waals surface area contributed by atoms with Crippen LogP contribution < -0.4 is 9.47 Å². The number of fused-ring (bicyclic) bond motifs is 2. The average molecular weight is 447 g/mol. The highest BCUT2D eigenvalue weighted by Crippen LogP contribution is 2.38. The molecule has 0 amide bonds. The number of furan rings is 1. The van der Waals surface area contributed by atoms with Crippen LogP contribution in [0.15, 0.2) is 59.3 Å². The molecular weight excluding hydrogens is 425 g/mol. The van der Waals surface area contributed by atoms with E-state index < -0.39 is 0 Å². The second kappa shape index (κ2) is 8.87. The van der Waals surface area contributed by atoms with Crippen LogP contribution in [0.5, 0.6) is 5.75 Å². The second-order valence-electron chi connectivity index (χ2n) is 8.41. The molecule has 2 aromatic heterocycles. The van der Waals surface area contributed by atoms with Crippen molar-refractivity contribution in [3.8, 4) is 17.1 Å². The highest BCUT2D eigenvalue weighted by Gasteiger charge is 2.23. The summed E-state index contributed by atoms with van der Waals surface area (Å²) in [5.74, 6) is 1.85. The van der Waals surface area contributed by atoms with Crippen LogP contribution in [0.2, 0.25) is 11.3 Å². The normalized spacial score (nSPS) is 18.7. The third kappa shape index (κ3) is 4.20. The fourth-order valence-corrected chi connectivity index (χ4v) is 4.87. The summed E-state index contributed by atoms with van der Waals surface area (Å²) < 4.78 is 13.1. The van der Waals surface area contributed by atoms with Crippen molar-refractivity contribution in [2.45, 2.75) is 38.1 Å². The number of halogens is 1. The van der Waals surface area contributed by atoms with E-state index in [1.165, 1.54) is 12.4 Å². The van der Waals surface area contributed by atoms with Gasteiger partial charge >= 0.3 is 0 Å². The lowest BCUT2D eigenvalue weighted by Gasteiger charge is -2.28. The summed E-state index contributed by atoms with van der Waals surface area (Å²) >= 11 is 6.57. The Morgan fingerprint density at radius 1 is 1.12 bits per heavy atom. The van der Waals surface area contributed by atoms with Gasteiger partial charge in [0.25, 0.3) is 0 Å². The lowest BCUT2D eigenvalue weighted by atomic mass is 9.67. The first-order valence-electron chi connectivity index (χ1n) is 10.9. The minimum atomic E-state index is 0.110. The minimum Gasteiger partial charge on any atom is -0.619 e. The van der Waals surface area contributed by atoms with Crippen LogP contribution in [0.1, 0.15) is 25.7 Å². The third-order valence-electron chi connectivity index (χ3n) is 6.26. The van der Waals surface area contributed by atoms with E-state index in [4.69, 9.17) is 20.8 Å². The number of hydrogen-bond acceptors (Lipinski definition) is 4. The van der Waals surface area contributed by atoms with Gasteiger partial charge in [-0.15, -0.1) is 0 Å².